The van der Waals surface area contributed by atoms with Crippen molar-refractivity contribution in [2.45, 2.75) is 0 Å². The van der Waals surface area contributed by atoms with Crippen LogP contribution in [0, 0.1) is 0 Å². The Morgan fingerprint density at radius 2 is 2.27 bits per heavy atom. The van der Waals surface area contributed by atoms with Crippen LogP contribution in [0.3, 0.4) is 0 Å². The van der Waals surface area contributed by atoms with Crippen LogP contribution >= 0.6 is 15.9 Å². The number of aromatic nitrogens is 4. The van der Waals surface area contributed by atoms with E-state index in [9.17, 15) is 0 Å². The van der Waals surface area contributed by atoms with Crippen LogP contribution < -0.4 is 0 Å². The summed E-state index contributed by atoms with van der Waals surface area (Å²) in [5.74, 6) is 0. The van der Waals surface area contributed by atoms with Crippen LogP contribution in [0.15, 0.2) is 16.7 Å². The number of halogens is 1. The molecule has 0 spiro atoms. The Morgan fingerprint density at radius 1 is 1.45 bits per heavy atom. The standard InChI is InChI=1S/C6H5BrN4/c1-11-6-4(9-10-11)2-3-5(7)8-6/h2-3H,1H3. The number of hydrogen-bond donors (Lipinski definition) is 0. The number of nitrogens with zero attached hydrogens (tertiary/aromatic N) is 4. The molecule has 2 rings (SSSR count). The van der Waals surface area contributed by atoms with Gasteiger partial charge in [0.15, 0.2) is 5.65 Å². The van der Waals surface area contributed by atoms with Crippen molar-refractivity contribution in [1.29, 1.82) is 0 Å². The third-order valence-corrected chi connectivity index (χ3v) is 1.86. The van der Waals surface area contributed by atoms with Gasteiger partial charge in [0.1, 0.15) is 10.1 Å². The summed E-state index contributed by atoms with van der Waals surface area (Å²) in [5.41, 5.74) is 1.61. The Morgan fingerprint density at radius 3 is 3.09 bits per heavy atom. The Labute approximate surface area is 71.4 Å². The third kappa shape index (κ3) is 1.01. The topological polar surface area (TPSA) is 43.6 Å². The van der Waals surface area contributed by atoms with Crippen molar-refractivity contribution in [2.75, 3.05) is 0 Å². The average Bonchev–Trinajstić information content (AvgIpc) is 2.33. The maximum Gasteiger partial charge on any atom is 0.179 e. The lowest BCUT2D eigenvalue weighted by Gasteiger charge is -1.90. The monoisotopic (exact) mass is 212 g/mol. The summed E-state index contributed by atoms with van der Waals surface area (Å²) in [6.07, 6.45) is 0. The summed E-state index contributed by atoms with van der Waals surface area (Å²) >= 11 is 3.27. The molecule has 5 heteroatoms. The lowest BCUT2D eigenvalue weighted by molar-refractivity contribution is 0.729. The first kappa shape index (κ1) is 6.72. The van der Waals surface area contributed by atoms with Crippen molar-refractivity contribution < 1.29 is 0 Å². The Hall–Kier alpha value is -0.970. The number of rotatable bonds is 0. The molecule has 0 saturated carbocycles. The van der Waals surface area contributed by atoms with E-state index in [2.05, 4.69) is 31.2 Å². The first-order valence-electron chi connectivity index (χ1n) is 3.09. The summed E-state index contributed by atoms with van der Waals surface area (Å²) in [4.78, 5) is 4.19. The molecule has 0 radical (unpaired) electrons. The van der Waals surface area contributed by atoms with E-state index in [1.807, 2.05) is 19.2 Å². The number of hydrogen-bond acceptors (Lipinski definition) is 3. The highest BCUT2D eigenvalue weighted by atomic mass is 79.9. The molecule has 2 aromatic heterocycles. The summed E-state index contributed by atoms with van der Waals surface area (Å²) < 4.78 is 2.44. The van der Waals surface area contributed by atoms with Crippen LogP contribution in [0.1, 0.15) is 0 Å². The highest BCUT2D eigenvalue weighted by molar-refractivity contribution is 9.10. The maximum absolute atomic E-state index is 4.19. The van der Waals surface area contributed by atoms with Crippen LogP contribution in [-0.4, -0.2) is 20.0 Å². The van der Waals surface area contributed by atoms with E-state index in [0.717, 1.165) is 15.8 Å². The summed E-state index contributed by atoms with van der Waals surface area (Å²) in [6.45, 7) is 0. The molecule has 0 bridgehead atoms. The van der Waals surface area contributed by atoms with Gasteiger partial charge < -0.3 is 0 Å². The van der Waals surface area contributed by atoms with Crippen LogP contribution in [0.2, 0.25) is 0 Å². The van der Waals surface area contributed by atoms with Gasteiger partial charge in [-0.15, -0.1) is 5.10 Å². The molecule has 0 unspecified atom stereocenters. The molecular formula is C6H5BrN4. The highest BCUT2D eigenvalue weighted by Gasteiger charge is 2.01. The SMILES string of the molecule is Cn1nnc2ccc(Br)nc21. The fraction of sp³-hybridized carbons (Fsp3) is 0.167. The smallest absolute Gasteiger partial charge is 0.179 e. The number of fused-ring (bicyclic) bond motifs is 1. The van der Waals surface area contributed by atoms with Crippen molar-refractivity contribution in [1.82, 2.24) is 20.0 Å². The van der Waals surface area contributed by atoms with Crippen molar-refractivity contribution in [3.63, 3.8) is 0 Å². The molecule has 2 aromatic rings. The summed E-state index contributed by atoms with van der Waals surface area (Å²) in [7, 11) is 1.81. The molecule has 2 heterocycles. The van der Waals surface area contributed by atoms with Gasteiger partial charge in [0.25, 0.3) is 0 Å². The van der Waals surface area contributed by atoms with Crippen molar-refractivity contribution in [3.8, 4) is 0 Å². The van der Waals surface area contributed by atoms with Crippen LogP contribution in [0.25, 0.3) is 11.2 Å². The summed E-state index contributed by atoms with van der Waals surface area (Å²) in [5, 5.41) is 7.71. The minimum Gasteiger partial charge on any atom is -0.230 e. The van der Waals surface area contributed by atoms with Gasteiger partial charge in [-0.1, -0.05) is 5.21 Å². The van der Waals surface area contributed by atoms with Gasteiger partial charge in [-0.05, 0) is 28.1 Å². The lowest BCUT2D eigenvalue weighted by atomic mass is 10.4. The zero-order valence-electron chi connectivity index (χ0n) is 5.82. The molecule has 0 saturated heterocycles. The van der Waals surface area contributed by atoms with Crippen LogP contribution in [-0.2, 0) is 7.05 Å². The molecule has 0 N–H and O–H groups in total. The minimum atomic E-state index is 0.791. The molecule has 0 fully saturated rings. The molecule has 0 aliphatic rings. The van der Waals surface area contributed by atoms with Gasteiger partial charge in [0, 0.05) is 7.05 Å². The van der Waals surface area contributed by atoms with E-state index >= 15 is 0 Å². The largest absolute Gasteiger partial charge is 0.230 e. The predicted molar refractivity (Wildman–Crippen MR) is 44.0 cm³/mol. The van der Waals surface area contributed by atoms with Gasteiger partial charge in [0.2, 0.25) is 0 Å². The zero-order valence-corrected chi connectivity index (χ0v) is 7.41. The van der Waals surface area contributed by atoms with Gasteiger partial charge in [-0.3, -0.25) is 0 Å². The maximum atomic E-state index is 4.19. The second-order valence-corrected chi connectivity index (χ2v) is 3.00. The van der Waals surface area contributed by atoms with E-state index in [0.29, 0.717) is 0 Å². The van der Waals surface area contributed by atoms with E-state index in [4.69, 9.17) is 0 Å². The fourth-order valence-electron chi connectivity index (χ4n) is 0.892. The quantitative estimate of drug-likeness (QED) is 0.616. The highest BCUT2D eigenvalue weighted by Crippen LogP contribution is 2.11. The first-order valence-corrected chi connectivity index (χ1v) is 3.88. The molecular weight excluding hydrogens is 208 g/mol. The third-order valence-electron chi connectivity index (χ3n) is 1.41. The van der Waals surface area contributed by atoms with Gasteiger partial charge in [-0.25, -0.2) is 9.67 Å². The number of pyridine rings is 1. The first-order chi connectivity index (χ1) is 5.27. The number of aryl methyl sites for hydroxylation is 1. The van der Waals surface area contributed by atoms with Crippen LogP contribution in [0.4, 0.5) is 0 Å². The average molecular weight is 213 g/mol. The second-order valence-electron chi connectivity index (χ2n) is 2.19. The predicted octanol–water partition coefficient (Wildman–Crippen LogP) is 1.13. The van der Waals surface area contributed by atoms with Crippen LogP contribution in [0.5, 0.6) is 0 Å². The molecule has 0 aliphatic carbocycles. The zero-order chi connectivity index (χ0) is 7.84. The molecule has 0 aliphatic heterocycles. The normalized spacial score (nSPS) is 10.7. The van der Waals surface area contributed by atoms with Gasteiger partial charge in [0.05, 0.1) is 0 Å². The lowest BCUT2D eigenvalue weighted by Crippen LogP contribution is -1.91. The Balaban J connectivity index is 2.87. The Bertz CT molecular complexity index is 394. The van der Waals surface area contributed by atoms with E-state index in [1.54, 1.807) is 4.68 Å². The molecule has 56 valence electrons. The molecule has 0 atom stereocenters. The van der Waals surface area contributed by atoms with Gasteiger partial charge >= 0.3 is 0 Å². The second kappa shape index (κ2) is 2.27. The van der Waals surface area contributed by atoms with Gasteiger partial charge in [-0.2, -0.15) is 0 Å². The van der Waals surface area contributed by atoms with E-state index < -0.39 is 0 Å². The summed E-state index contributed by atoms with van der Waals surface area (Å²) in [6, 6.07) is 3.72. The van der Waals surface area contributed by atoms with E-state index in [-0.39, 0.29) is 0 Å². The van der Waals surface area contributed by atoms with Crippen molar-refractivity contribution in [2.24, 2.45) is 7.05 Å². The molecule has 4 nitrogen and oxygen atoms in total. The Kier molecular flexibility index (Phi) is 1.38. The fourth-order valence-corrected chi connectivity index (χ4v) is 1.19. The van der Waals surface area contributed by atoms with E-state index in [1.165, 1.54) is 0 Å². The van der Waals surface area contributed by atoms with Crippen molar-refractivity contribution >= 4 is 27.1 Å². The molecule has 11 heavy (non-hydrogen) atoms. The molecule has 0 amide bonds. The minimum absolute atomic E-state index is 0.791. The molecule has 0 aromatic carbocycles. The van der Waals surface area contributed by atoms with Crippen molar-refractivity contribution in [3.05, 3.63) is 16.7 Å².